The van der Waals surface area contributed by atoms with Crippen molar-refractivity contribution in [3.05, 3.63) is 45.6 Å². The molecule has 1 aliphatic rings. The number of carbonyl (C=O) groups excluding carboxylic acids is 1. The maximum absolute atomic E-state index is 12.3. The van der Waals surface area contributed by atoms with Crippen LogP contribution in [0.25, 0.3) is 10.9 Å². The second kappa shape index (κ2) is 9.33. The molecule has 170 valence electrons. The van der Waals surface area contributed by atoms with Crippen molar-refractivity contribution in [2.45, 2.75) is 31.7 Å². The SMILES string of the molecule is CN(C)c1nc([N+](C)(C)C2CCC(CNC(=O)c3ccc(Cl)s3)CC2)nc2ccccc12. The molecule has 1 saturated carbocycles. The maximum Gasteiger partial charge on any atom is 0.331 e. The summed E-state index contributed by atoms with van der Waals surface area (Å²) in [5, 5.41) is 4.16. The number of halogens is 1. The first kappa shape index (κ1) is 23.0. The van der Waals surface area contributed by atoms with E-state index < -0.39 is 0 Å². The normalized spacial score (nSPS) is 19.2. The number of rotatable bonds is 6. The van der Waals surface area contributed by atoms with Crippen molar-refractivity contribution in [1.29, 1.82) is 0 Å². The van der Waals surface area contributed by atoms with Crippen molar-refractivity contribution in [3.8, 4) is 0 Å². The highest BCUT2D eigenvalue weighted by molar-refractivity contribution is 7.18. The van der Waals surface area contributed by atoms with Gasteiger partial charge in [-0.05, 0) is 43.0 Å². The summed E-state index contributed by atoms with van der Waals surface area (Å²) >= 11 is 7.27. The first-order valence-electron chi connectivity index (χ1n) is 11.1. The smallest absolute Gasteiger partial charge is 0.331 e. The molecule has 6 nitrogen and oxygen atoms in total. The van der Waals surface area contributed by atoms with Gasteiger partial charge in [-0.2, -0.15) is 9.97 Å². The third-order valence-electron chi connectivity index (χ3n) is 6.59. The highest BCUT2D eigenvalue weighted by Crippen LogP contribution is 2.34. The van der Waals surface area contributed by atoms with Gasteiger partial charge in [-0.1, -0.05) is 23.7 Å². The van der Waals surface area contributed by atoms with E-state index in [9.17, 15) is 4.79 Å². The van der Waals surface area contributed by atoms with Gasteiger partial charge in [0.1, 0.15) is 5.82 Å². The Balaban J connectivity index is 1.42. The molecule has 0 unspecified atom stereocenters. The highest BCUT2D eigenvalue weighted by atomic mass is 35.5. The standard InChI is InChI=1S/C24H30ClN5OS/c1-29(2)22-18-7-5-6-8-19(18)27-24(28-22)30(3,4)17-11-9-16(10-12-17)15-26-23(31)20-13-14-21(25)32-20/h5-8,13-14,16-17H,9-12,15H2,1-4H3/p+1. The van der Waals surface area contributed by atoms with Crippen LogP contribution in [0, 0.1) is 5.92 Å². The van der Waals surface area contributed by atoms with Crippen LogP contribution in [0.3, 0.4) is 0 Å². The molecule has 4 rings (SSSR count). The fraction of sp³-hybridized carbons (Fsp3) is 0.458. The number of amides is 1. The number of aromatic nitrogens is 2. The van der Waals surface area contributed by atoms with Gasteiger partial charge in [0, 0.05) is 38.9 Å². The number of nitrogens with zero attached hydrogens (tertiary/aromatic N) is 4. The summed E-state index contributed by atoms with van der Waals surface area (Å²) in [7, 11) is 8.50. The molecule has 32 heavy (non-hydrogen) atoms. The minimum atomic E-state index is -0.0269. The fourth-order valence-electron chi connectivity index (χ4n) is 4.56. The number of benzene rings is 1. The Hall–Kier alpha value is -2.22. The Morgan fingerprint density at radius 2 is 1.84 bits per heavy atom. The van der Waals surface area contributed by atoms with E-state index in [0.717, 1.165) is 48.4 Å². The van der Waals surface area contributed by atoms with Gasteiger partial charge in [0.05, 0.1) is 34.9 Å². The van der Waals surface area contributed by atoms with E-state index in [0.29, 0.717) is 32.2 Å². The Labute approximate surface area is 198 Å². The number of carbonyl (C=O) groups is 1. The lowest BCUT2D eigenvalue weighted by Crippen LogP contribution is -2.53. The number of hydrogen-bond acceptors (Lipinski definition) is 5. The molecule has 1 aliphatic carbocycles. The number of fused-ring (bicyclic) bond motifs is 1. The van der Waals surface area contributed by atoms with Crippen LogP contribution in [0.5, 0.6) is 0 Å². The third kappa shape index (κ3) is 4.75. The van der Waals surface area contributed by atoms with E-state index in [-0.39, 0.29) is 5.91 Å². The number of thiophene rings is 1. The number of hydrogen-bond donors (Lipinski definition) is 1. The number of nitrogens with one attached hydrogen (secondary N) is 1. The molecule has 1 fully saturated rings. The molecule has 8 heteroatoms. The van der Waals surface area contributed by atoms with Crippen LogP contribution >= 0.6 is 22.9 Å². The summed E-state index contributed by atoms with van der Waals surface area (Å²) < 4.78 is 1.31. The number of anilines is 1. The van der Waals surface area contributed by atoms with Gasteiger partial charge in [0.25, 0.3) is 5.91 Å². The van der Waals surface area contributed by atoms with Crippen LogP contribution in [0.4, 0.5) is 11.8 Å². The Morgan fingerprint density at radius 3 is 2.50 bits per heavy atom. The first-order valence-corrected chi connectivity index (χ1v) is 12.3. The molecular weight excluding hydrogens is 442 g/mol. The Morgan fingerprint density at radius 1 is 1.12 bits per heavy atom. The van der Waals surface area contributed by atoms with Crippen molar-refractivity contribution >= 4 is 51.5 Å². The molecule has 0 spiro atoms. The zero-order valence-electron chi connectivity index (χ0n) is 19.1. The molecule has 0 saturated heterocycles. The van der Waals surface area contributed by atoms with E-state index in [4.69, 9.17) is 21.6 Å². The predicted octanol–water partition coefficient (Wildman–Crippen LogP) is 4.97. The minimum Gasteiger partial charge on any atom is -0.362 e. The molecule has 1 N–H and O–H groups in total. The third-order valence-corrected chi connectivity index (χ3v) is 7.82. The second-order valence-corrected chi connectivity index (χ2v) is 11.0. The van der Waals surface area contributed by atoms with Crippen LogP contribution in [0.1, 0.15) is 35.4 Å². The van der Waals surface area contributed by atoms with Gasteiger partial charge in [-0.3, -0.25) is 9.28 Å². The number of quaternary nitrogens is 1. The van der Waals surface area contributed by atoms with Crippen LogP contribution < -0.4 is 14.7 Å². The Kier molecular flexibility index (Phi) is 6.70. The average molecular weight is 473 g/mol. The molecule has 0 atom stereocenters. The fourth-order valence-corrected chi connectivity index (χ4v) is 5.52. The molecule has 2 heterocycles. The zero-order chi connectivity index (χ0) is 22.9. The van der Waals surface area contributed by atoms with E-state index in [1.807, 2.05) is 26.2 Å². The molecule has 0 aliphatic heterocycles. The topological polar surface area (TPSA) is 58.1 Å². The van der Waals surface area contributed by atoms with E-state index >= 15 is 0 Å². The number of para-hydroxylation sites is 1. The summed E-state index contributed by atoms with van der Waals surface area (Å²) in [6, 6.07) is 12.2. The van der Waals surface area contributed by atoms with Crippen molar-refractivity contribution in [2.24, 2.45) is 5.92 Å². The van der Waals surface area contributed by atoms with Gasteiger partial charge >= 0.3 is 5.95 Å². The molecule has 2 aromatic heterocycles. The van der Waals surface area contributed by atoms with Gasteiger partial charge in [0.15, 0.2) is 0 Å². The van der Waals surface area contributed by atoms with Gasteiger partial charge in [-0.25, -0.2) is 0 Å². The summed E-state index contributed by atoms with van der Waals surface area (Å²) in [6.45, 7) is 0.714. The largest absolute Gasteiger partial charge is 0.362 e. The van der Waals surface area contributed by atoms with E-state index in [2.05, 4.69) is 36.4 Å². The quantitative estimate of drug-likeness (QED) is 0.515. The minimum absolute atomic E-state index is 0.0269. The van der Waals surface area contributed by atoms with Crippen LogP contribution in [-0.4, -0.2) is 56.7 Å². The summed E-state index contributed by atoms with van der Waals surface area (Å²) in [4.78, 5) is 25.0. The molecule has 1 aromatic carbocycles. The van der Waals surface area contributed by atoms with E-state index in [1.165, 1.54) is 11.3 Å². The Bertz CT molecular complexity index is 1100. The monoisotopic (exact) mass is 472 g/mol. The summed E-state index contributed by atoms with van der Waals surface area (Å²) in [6.07, 6.45) is 4.36. The van der Waals surface area contributed by atoms with Crippen molar-refractivity contribution < 1.29 is 4.79 Å². The van der Waals surface area contributed by atoms with Crippen molar-refractivity contribution in [2.75, 3.05) is 39.6 Å². The van der Waals surface area contributed by atoms with E-state index in [1.54, 1.807) is 12.1 Å². The molecule has 3 aromatic rings. The van der Waals surface area contributed by atoms with Gasteiger partial charge < -0.3 is 10.2 Å². The van der Waals surface area contributed by atoms with Gasteiger partial charge in [-0.15, -0.1) is 11.3 Å². The van der Waals surface area contributed by atoms with Gasteiger partial charge in [0.2, 0.25) is 0 Å². The van der Waals surface area contributed by atoms with Crippen LogP contribution in [0.2, 0.25) is 4.34 Å². The van der Waals surface area contributed by atoms with Crippen molar-refractivity contribution in [3.63, 3.8) is 0 Å². The molecule has 0 radical (unpaired) electrons. The molecule has 1 amide bonds. The zero-order valence-corrected chi connectivity index (χ0v) is 20.7. The summed E-state index contributed by atoms with van der Waals surface area (Å²) in [5.74, 6) is 2.29. The van der Waals surface area contributed by atoms with Crippen molar-refractivity contribution in [1.82, 2.24) is 19.8 Å². The van der Waals surface area contributed by atoms with Crippen LogP contribution in [0.15, 0.2) is 36.4 Å². The molecular formula is C24H31ClN5OS+. The average Bonchev–Trinajstić information content (AvgIpc) is 3.23. The highest BCUT2D eigenvalue weighted by Gasteiger charge is 2.37. The second-order valence-electron chi connectivity index (χ2n) is 9.29. The predicted molar refractivity (Wildman–Crippen MR) is 135 cm³/mol. The molecule has 0 bridgehead atoms. The first-order chi connectivity index (χ1) is 15.3. The van der Waals surface area contributed by atoms with Crippen LogP contribution in [-0.2, 0) is 0 Å². The lowest BCUT2D eigenvalue weighted by atomic mass is 9.84. The lowest BCUT2D eigenvalue weighted by molar-refractivity contribution is 0.0942. The summed E-state index contributed by atoms with van der Waals surface area (Å²) in [5.41, 5.74) is 0.984. The maximum atomic E-state index is 12.3. The lowest BCUT2D eigenvalue weighted by Gasteiger charge is -2.39.